The number of nitrogens with one attached hydrogen (secondary N) is 1. The van der Waals surface area contributed by atoms with Crippen molar-refractivity contribution < 1.29 is 13.2 Å². The molecule has 26 heavy (non-hydrogen) atoms. The maximum Gasteiger partial charge on any atom is 0.251 e. The zero-order valence-corrected chi connectivity index (χ0v) is 15.7. The lowest BCUT2D eigenvalue weighted by Crippen LogP contribution is -2.38. The molecule has 0 aliphatic carbocycles. The van der Waals surface area contributed by atoms with Gasteiger partial charge in [0.05, 0.1) is 17.8 Å². The van der Waals surface area contributed by atoms with Gasteiger partial charge < -0.3 is 9.88 Å². The Kier molecular flexibility index (Phi) is 5.61. The fourth-order valence-corrected chi connectivity index (χ4v) is 4.76. The van der Waals surface area contributed by atoms with Crippen LogP contribution in [0.5, 0.6) is 0 Å². The van der Waals surface area contributed by atoms with Crippen molar-refractivity contribution in [1.29, 1.82) is 0 Å². The molecule has 7 nitrogen and oxygen atoms in total. The summed E-state index contributed by atoms with van der Waals surface area (Å²) in [7, 11) is -3.29. The first kappa shape index (κ1) is 18.4. The topological polar surface area (TPSA) is 84.3 Å². The highest BCUT2D eigenvalue weighted by molar-refractivity contribution is 7.92. The highest BCUT2D eigenvalue weighted by Gasteiger charge is 2.27. The first-order chi connectivity index (χ1) is 12.5. The van der Waals surface area contributed by atoms with E-state index in [1.807, 2.05) is 17.7 Å². The second kappa shape index (κ2) is 7.90. The van der Waals surface area contributed by atoms with E-state index < -0.39 is 10.0 Å². The van der Waals surface area contributed by atoms with Crippen molar-refractivity contribution in [2.75, 3.05) is 23.1 Å². The Hall–Kier alpha value is -2.35. The first-order valence-corrected chi connectivity index (χ1v) is 10.4. The molecule has 0 atom stereocenters. The van der Waals surface area contributed by atoms with E-state index in [-0.39, 0.29) is 11.7 Å². The number of aromatic nitrogens is 2. The molecule has 1 amide bonds. The fourth-order valence-electron chi connectivity index (χ4n) is 3.06. The summed E-state index contributed by atoms with van der Waals surface area (Å²) in [4.78, 5) is 16.4. The van der Waals surface area contributed by atoms with Gasteiger partial charge in [-0.3, -0.25) is 9.10 Å². The van der Waals surface area contributed by atoms with Gasteiger partial charge in [-0.1, -0.05) is 6.07 Å². The van der Waals surface area contributed by atoms with Crippen LogP contribution < -0.4 is 9.62 Å². The number of sulfonamides is 1. The molecule has 0 spiro atoms. The van der Waals surface area contributed by atoms with Crippen LogP contribution in [0.15, 0.2) is 36.9 Å². The lowest BCUT2D eigenvalue weighted by Gasteiger charge is -2.29. The summed E-state index contributed by atoms with van der Waals surface area (Å²) in [6, 6.07) is 5.23. The summed E-state index contributed by atoms with van der Waals surface area (Å²) in [6.45, 7) is 3.67. The summed E-state index contributed by atoms with van der Waals surface area (Å²) >= 11 is 0. The Labute approximate surface area is 154 Å². The molecule has 3 rings (SSSR count). The molecule has 1 fully saturated rings. The van der Waals surface area contributed by atoms with Crippen LogP contribution in [0.4, 0.5) is 5.69 Å². The van der Waals surface area contributed by atoms with Crippen LogP contribution in [0.3, 0.4) is 0 Å². The predicted molar refractivity (Wildman–Crippen MR) is 101 cm³/mol. The number of carbonyl (C=O) groups excluding carboxylic acids is 1. The number of benzene rings is 1. The van der Waals surface area contributed by atoms with E-state index in [1.165, 1.54) is 4.31 Å². The lowest BCUT2D eigenvalue weighted by molar-refractivity contribution is 0.0952. The van der Waals surface area contributed by atoms with E-state index in [9.17, 15) is 13.2 Å². The third-order valence-corrected chi connectivity index (χ3v) is 6.38. The largest absolute Gasteiger partial charge is 0.352 e. The Morgan fingerprint density at radius 2 is 2.15 bits per heavy atom. The SMILES string of the molecule is Cc1ccc(C(=O)NCCCn2ccnc2)cc1N1CCCCS1(=O)=O. The monoisotopic (exact) mass is 376 g/mol. The quantitative estimate of drug-likeness (QED) is 0.781. The first-order valence-electron chi connectivity index (χ1n) is 8.82. The molecule has 1 aliphatic rings. The third-order valence-electron chi connectivity index (χ3n) is 4.53. The van der Waals surface area contributed by atoms with Gasteiger partial charge in [0, 0.05) is 37.6 Å². The van der Waals surface area contributed by atoms with Crippen LogP contribution in [0.25, 0.3) is 0 Å². The number of hydrogen-bond donors (Lipinski definition) is 1. The van der Waals surface area contributed by atoms with Crippen LogP contribution in [0, 0.1) is 6.92 Å². The molecule has 1 aromatic carbocycles. The number of imidazole rings is 1. The molecule has 1 aliphatic heterocycles. The van der Waals surface area contributed by atoms with Gasteiger partial charge in [0.1, 0.15) is 0 Å². The van der Waals surface area contributed by atoms with Crippen molar-refractivity contribution in [3.8, 4) is 0 Å². The molecule has 8 heteroatoms. The molecule has 0 bridgehead atoms. The van der Waals surface area contributed by atoms with Gasteiger partial charge in [-0.2, -0.15) is 0 Å². The van der Waals surface area contributed by atoms with Gasteiger partial charge >= 0.3 is 0 Å². The molecule has 0 saturated carbocycles. The minimum atomic E-state index is -3.29. The molecule has 2 aromatic rings. The number of amides is 1. The van der Waals surface area contributed by atoms with Crippen LogP contribution in [-0.4, -0.2) is 42.7 Å². The Bertz CT molecular complexity index is 863. The number of carbonyl (C=O) groups is 1. The van der Waals surface area contributed by atoms with E-state index in [0.29, 0.717) is 30.8 Å². The number of rotatable bonds is 6. The maximum atomic E-state index is 12.4. The minimum absolute atomic E-state index is 0.164. The molecule has 0 radical (unpaired) electrons. The Morgan fingerprint density at radius 1 is 1.31 bits per heavy atom. The lowest BCUT2D eigenvalue weighted by atomic mass is 10.1. The molecular weight excluding hydrogens is 352 g/mol. The van der Waals surface area contributed by atoms with Crippen LogP contribution in [0.1, 0.15) is 35.2 Å². The molecule has 1 saturated heterocycles. The standard InChI is InChI=1S/C18H24N4O3S/c1-15-5-6-16(13-17(15)22-10-2-3-12-26(22,24)25)18(23)20-7-4-9-21-11-8-19-14-21/h5-6,8,11,13-14H,2-4,7,9-10,12H2,1H3,(H,20,23). The summed E-state index contributed by atoms with van der Waals surface area (Å²) in [5.41, 5.74) is 1.94. The molecule has 1 N–H and O–H groups in total. The fraction of sp³-hybridized carbons (Fsp3) is 0.444. The van der Waals surface area contributed by atoms with E-state index in [1.54, 1.807) is 30.7 Å². The van der Waals surface area contributed by atoms with Gasteiger partial charge in [-0.25, -0.2) is 13.4 Å². The predicted octanol–water partition coefficient (Wildman–Crippen LogP) is 1.94. The summed E-state index contributed by atoms with van der Waals surface area (Å²) < 4.78 is 28.1. The third kappa shape index (κ3) is 4.24. The van der Waals surface area contributed by atoms with Gasteiger partial charge in [0.15, 0.2) is 0 Å². The number of aryl methyl sites for hydroxylation is 2. The van der Waals surface area contributed by atoms with E-state index >= 15 is 0 Å². The molecule has 0 unspecified atom stereocenters. The number of anilines is 1. The van der Waals surface area contributed by atoms with Gasteiger partial charge in [-0.15, -0.1) is 0 Å². The van der Waals surface area contributed by atoms with Gasteiger partial charge in [0.25, 0.3) is 5.91 Å². The summed E-state index contributed by atoms with van der Waals surface area (Å²) in [5.74, 6) is -0.0248. The van der Waals surface area contributed by atoms with Crippen LogP contribution in [0.2, 0.25) is 0 Å². The van der Waals surface area contributed by atoms with Crippen molar-refractivity contribution in [2.24, 2.45) is 0 Å². The highest BCUT2D eigenvalue weighted by atomic mass is 32.2. The van der Waals surface area contributed by atoms with E-state index in [0.717, 1.165) is 24.9 Å². The second-order valence-electron chi connectivity index (χ2n) is 6.51. The van der Waals surface area contributed by atoms with Crippen LogP contribution >= 0.6 is 0 Å². The zero-order valence-electron chi connectivity index (χ0n) is 14.9. The van der Waals surface area contributed by atoms with Crippen molar-refractivity contribution in [3.63, 3.8) is 0 Å². The van der Waals surface area contributed by atoms with Crippen molar-refractivity contribution in [1.82, 2.24) is 14.9 Å². The maximum absolute atomic E-state index is 12.4. The highest BCUT2D eigenvalue weighted by Crippen LogP contribution is 2.27. The zero-order chi connectivity index (χ0) is 18.6. The molecule has 2 heterocycles. The Balaban J connectivity index is 1.65. The number of hydrogen-bond acceptors (Lipinski definition) is 4. The smallest absolute Gasteiger partial charge is 0.251 e. The average molecular weight is 376 g/mol. The molecular formula is C18H24N4O3S. The van der Waals surface area contributed by atoms with E-state index in [4.69, 9.17) is 0 Å². The van der Waals surface area contributed by atoms with Crippen molar-refractivity contribution >= 4 is 21.6 Å². The van der Waals surface area contributed by atoms with Gasteiger partial charge in [0.2, 0.25) is 10.0 Å². The second-order valence-corrected chi connectivity index (χ2v) is 8.52. The average Bonchev–Trinajstić information content (AvgIpc) is 3.12. The molecule has 140 valence electrons. The summed E-state index contributed by atoms with van der Waals surface area (Å²) in [5, 5.41) is 2.89. The van der Waals surface area contributed by atoms with Gasteiger partial charge in [-0.05, 0) is 43.9 Å². The molecule has 1 aromatic heterocycles. The summed E-state index contributed by atoms with van der Waals surface area (Å²) in [6.07, 6.45) is 7.67. The van der Waals surface area contributed by atoms with Crippen molar-refractivity contribution in [3.05, 3.63) is 48.0 Å². The normalized spacial score (nSPS) is 16.4. The van der Waals surface area contributed by atoms with E-state index in [2.05, 4.69) is 10.3 Å². The van der Waals surface area contributed by atoms with Crippen LogP contribution in [-0.2, 0) is 16.6 Å². The van der Waals surface area contributed by atoms with Crippen molar-refractivity contribution in [2.45, 2.75) is 32.7 Å². The Morgan fingerprint density at radius 3 is 2.88 bits per heavy atom. The minimum Gasteiger partial charge on any atom is -0.352 e. The number of nitrogens with zero attached hydrogens (tertiary/aromatic N) is 3.